The van der Waals surface area contributed by atoms with Crippen LogP contribution in [0.2, 0.25) is 0 Å². The molecule has 0 aliphatic heterocycles. The van der Waals surface area contributed by atoms with Crippen molar-refractivity contribution in [3.63, 3.8) is 0 Å². The number of carbonyl (C=O) groups excluding carboxylic acids is 1. The molecule has 1 rings (SSSR count). The molecule has 0 spiro atoms. The Balaban J connectivity index is 2.23. The molecule has 4 heteroatoms. The number of nitrogens with two attached hydrogens (primary N) is 1. The monoisotopic (exact) mass is 221 g/mol. The minimum atomic E-state index is -0.376. The fourth-order valence-electron chi connectivity index (χ4n) is 1.45. The fourth-order valence-corrected chi connectivity index (χ4v) is 1.45. The van der Waals surface area contributed by atoms with E-state index in [1.165, 1.54) is 0 Å². The number of amides is 1. The number of pyridine rings is 1. The average Bonchev–Trinajstić information content (AvgIpc) is 2.30. The Morgan fingerprint density at radius 1 is 1.62 bits per heavy atom. The van der Waals surface area contributed by atoms with Gasteiger partial charge >= 0.3 is 0 Å². The van der Waals surface area contributed by atoms with E-state index in [1.54, 1.807) is 12.4 Å². The molecule has 16 heavy (non-hydrogen) atoms. The molecule has 0 bridgehead atoms. The predicted molar refractivity (Wildman–Crippen MR) is 63.8 cm³/mol. The highest BCUT2D eigenvalue weighted by molar-refractivity contribution is 5.81. The molecule has 0 radical (unpaired) electrons. The van der Waals surface area contributed by atoms with E-state index in [2.05, 4.69) is 10.3 Å². The van der Waals surface area contributed by atoms with E-state index in [0.29, 0.717) is 6.54 Å². The van der Waals surface area contributed by atoms with Crippen LogP contribution in [0, 0.1) is 0 Å². The number of hydrogen-bond donors (Lipinski definition) is 2. The van der Waals surface area contributed by atoms with E-state index in [-0.39, 0.29) is 11.9 Å². The van der Waals surface area contributed by atoms with Crippen molar-refractivity contribution in [3.05, 3.63) is 30.1 Å². The van der Waals surface area contributed by atoms with Gasteiger partial charge in [0.15, 0.2) is 0 Å². The van der Waals surface area contributed by atoms with Crippen LogP contribution in [0.5, 0.6) is 0 Å². The lowest BCUT2D eigenvalue weighted by atomic mass is 10.1. The van der Waals surface area contributed by atoms with Crippen LogP contribution >= 0.6 is 0 Å². The summed E-state index contributed by atoms with van der Waals surface area (Å²) in [5, 5.41) is 2.82. The Kier molecular flexibility index (Phi) is 5.50. The minimum Gasteiger partial charge on any atom is -0.354 e. The maximum absolute atomic E-state index is 11.5. The third-order valence-corrected chi connectivity index (χ3v) is 2.37. The van der Waals surface area contributed by atoms with Crippen LogP contribution in [0.25, 0.3) is 0 Å². The quantitative estimate of drug-likeness (QED) is 0.749. The normalized spacial score (nSPS) is 12.1. The van der Waals surface area contributed by atoms with E-state index in [4.69, 9.17) is 5.73 Å². The first-order valence-electron chi connectivity index (χ1n) is 5.66. The molecule has 1 amide bonds. The van der Waals surface area contributed by atoms with Crippen molar-refractivity contribution < 1.29 is 4.79 Å². The van der Waals surface area contributed by atoms with Crippen molar-refractivity contribution in [2.75, 3.05) is 6.54 Å². The number of carbonyl (C=O) groups is 1. The van der Waals surface area contributed by atoms with Gasteiger partial charge in [-0.3, -0.25) is 9.78 Å². The highest BCUT2D eigenvalue weighted by Gasteiger charge is 2.10. The van der Waals surface area contributed by atoms with Crippen LogP contribution in [0.3, 0.4) is 0 Å². The highest BCUT2D eigenvalue weighted by atomic mass is 16.2. The van der Waals surface area contributed by atoms with Crippen molar-refractivity contribution >= 4 is 5.91 Å². The summed E-state index contributed by atoms with van der Waals surface area (Å²) in [6.07, 6.45) is 5.99. The third kappa shape index (κ3) is 4.40. The Morgan fingerprint density at radius 2 is 2.44 bits per heavy atom. The third-order valence-electron chi connectivity index (χ3n) is 2.37. The second-order valence-electron chi connectivity index (χ2n) is 3.80. The summed E-state index contributed by atoms with van der Waals surface area (Å²) in [6, 6.07) is 3.50. The van der Waals surface area contributed by atoms with Crippen LogP contribution < -0.4 is 11.1 Å². The maximum Gasteiger partial charge on any atom is 0.236 e. The molecule has 1 heterocycles. The Labute approximate surface area is 96.3 Å². The molecule has 1 atom stereocenters. The average molecular weight is 221 g/mol. The molecule has 0 aliphatic carbocycles. The van der Waals surface area contributed by atoms with E-state index in [1.807, 2.05) is 19.1 Å². The van der Waals surface area contributed by atoms with Crippen molar-refractivity contribution in [1.82, 2.24) is 10.3 Å². The lowest BCUT2D eigenvalue weighted by Gasteiger charge is -2.10. The van der Waals surface area contributed by atoms with Gasteiger partial charge < -0.3 is 11.1 Å². The standard InChI is InChI=1S/C12H19N3O/c1-2-4-11(13)12(16)15-8-6-10-5-3-7-14-9-10/h3,5,7,9,11H,2,4,6,8,13H2,1H3,(H,15,16)/t11-/m1/s1. The van der Waals surface area contributed by atoms with Gasteiger partial charge in [0.25, 0.3) is 0 Å². The van der Waals surface area contributed by atoms with Gasteiger partial charge in [-0.1, -0.05) is 19.4 Å². The van der Waals surface area contributed by atoms with Gasteiger partial charge in [-0.2, -0.15) is 0 Å². The Bertz CT molecular complexity index is 313. The number of rotatable bonds is 6. The van der Waals surface area contributed by atoms with Gasteiger partial charge in [-0.05, 0) is 24.5 Å². The molecule has 4 nitrogen and oxygen atoms in total. The van der Waals surface area contributed by atoms with Gasteiger partial charge in [0.05, 0.1) is 6.04 Å². The number of aromatic nitrogens is 1. The van der Waals surface area contributed by atoms with Crippen LogP contribution in [0.1, 0.15) is 25.3 Å². The molecule has 0 aromatic carbocycles. The highest BCUT2D eigenvalue weighted by Crippen LogP contribution is 1.96. The second kappa shape index (κ2) is 6.95. The van der Waals surface area contributed by atoms with Crippen molar-refractivity contribution in [2.45, 2.75) is 32.2 Å². The lowest BCUT2D eigenvalue weighted by molar-refractivity contribution is -0.122. The van der Waals surface area contributed by atoms with E-state index < -0.39 is 0 Å². The summed E-state index contributed by atoms with van der Waals surface area (Å²) >= 11 is 0. The van der Waals surface area contributed by atoms with Gasteiger partial charge in [0.1, 0.15) is 0 Å². The van der Waals surface area contributed by atoms with E-state index in [0.717, 1.165) is 24.8 Å². The topological polar surface area (TPSA) is 68.0 Å². The molecule has 0 unspecified atom stereocenters. The first kappa shape index (κ1) is 12.6. The zero-order chi connectivity index (χ0) is 11.8. The van der Waals surface area contributed by atoms with Crippen molar-refractivity contribution in [2.24, 2.45) is 5.73 Å². The summed E-state index contributed by atoms with van der Waals surface area (Å²) in [5.41, 5.74) is 6.80. The molecule has 1 aromatic heterocycles. The van der Waals surface area contributed by atoms with E-state index in [9.17, 15) is 4.79 Å². The van der Waals surface area contributed by atoms with Crippen LogP contribution in [-0.2, 0) is 11.2 Å². The summed E-state index contributed by atoms with van der Waals surface area (Å²) < 4.78 is 0. The summed E-state index contributed by atoms with van der Waals surface area (Å²) in [4.78, 5) is 15.5. The molecule has 0 saturated carbocycles. The predicted octanol–water partition coefficient (Wildman–Crippen LogP) is 0.868. The van der Waals surface area contributed by atoms with Crippen molar-refractivity contribution in [1.29, 1.82) is 0 Å². The zero-order valence-electron chi connectivity index (χ0n) is 9.65. The zero-order valence-corrected chi connectivity index (χ0v) is 9.65. The van der Waals surface area contributed by atoms with Gasteiger partial charge in [-0.25, -0.2) is 0 Å². The molecular weight excluding hydrogens is 202 g/mol. The molecule has 0 aliphatic rings. The summed E-state index contributed by atoms with van der Waals surface area (Å²) in [7, 11) is 0. The molecule has 0 fully saturated rings. The first-order chi connectivity index (χ1) is 7.74. The smallest absolute Gasteiger partial charge is 0.236 e. The minimum absolute atomic E-state index is 0.0641. The van der Waals surface area contributed by atoms with Gasteiger partial charge in [-0.15, -0.1) is 0 Å². The van der Waals surface area contributed by atoms with Crippen LogP contribution in [0.15, 0.2) is 24.5 Å². The second-order valence-corrected chi connectivity index (χ2v) is 3.80. The van der Waals surface area contributed by atoms with Crippen LogP contribution in [0.4, 0.5) is 0 Å². The van der Waals surface area contributed by atoms with Gasteiger partial charge in [0, 0.05) is 18.9 Å². The van der Waals surface area contributed by atoms with E-state index >= 15 is 0 Å². The Morgan fingerprint density at radius 3 is 3.06 bits per heavy atom. The Hall–Kier alpha value is -1.42. The lowest BCUT2D eigenvalue weighted by Crippen LogP contribution is -2.41. The number of hydrogen-bond acceptors (Lipinski definition) is 3. The number of nitrogens with one attached hydrogen (secondary N) is 1. The SMILES string of the molecule is CCC[C@@H](N)C(=O)NCCc1cccnc1. The summed E-state index contributed by atoms with van der Waals surface area (Å²) in [6.45, 7) is 2.63. The van der Waals surface area contributed by atoms with Crippen molar-refractivity contribution in [3.8, 4) is 0 Å². The fraction of sp³-hybridized carbons (Fsp3) is 0.500. The van der Waals surface area contributed by atoms with Gasteiger partial charge in [0.2, 0.25) is 5.91 Å². The summed E-state index contributed by atoms with van der Waals surface area (Å²) in [5.74, 6) is -0.0641. The van der Waals surface area contributed by atoms with Crippen LogP contribution in [-0.4, -0.2) is 23.5 Å². The largest absolute Gasteiger partial charge is 0.354 e. The maximum atomic E-state index is 11.5. The molecule has 0 saturated heterocycles. The molecule has 88 valence electrons. The number of nitrogens with zero attached hydrogens (tertiary/aromatic N) is 1. The molecule has 1 aromatic rings. The first-order valence-corrected chi connectivity index (χ1v) is 5.66. The molecular formula is C12H19N3O. The molecule has 3 N–H and O–H groups in total.